The molecule has 22 heavy (non-hydrogen) atoms. The van der Waals surface area contributed by atoms with E-state index < -0.39 is 24.2 Å². The molecule has 0 aliphatic rings. The fourth-order valence-electron chi connectivity index (χ4n) is 1.81. The highest BCUT2D eigenvalue weighted by molar-refractivity contribution is 6.35. The van der Waals surface area contributed by atoms with Crippen LogP contribution in [-0.4, -0.2) is 41.5 Å². The van der Waals surface area contributed by atoms with E-state index in [0.29, 0.717) is 16.1 Å². The molecule has 0 unspecified atom stereocenters. The maximum absolute atomic E-state index is 11.8. The van der Waals surface area contributed by atoms with Gasteiger partial charge in [-0.05, 0) is 34.9 Å². The lowest BCUT2D eigenvalue weighted by atomic mass is 9.92. The second-order valence-corrected chi connectivity index (χ2v) is 4.81. The normalized spacial score (nSPS) is 10.2. The number of carbonyl (C=O) groups excluding carboxylic acids is 1. The Balaban J connectivity index is 2.36. The smallest absolute Gasteiger partial charge is 0.322 e. The van der Waals surface area contributed by atoms with Gasteiger partial charge in [-0.1, -0.05) is 23.7 Å². The van der Waals surface area contributed by atoms with Crippen molar-refractivity contribution in [1.82, 2.24) is 10.3 Å². The van der Waals surface area contributed by atoms with Crippen LogP contribution in [0.1, 0.15) is 10.5 Å². The molecular formula is C14H10BClN2O4. The van der Waals surface area contributed by atoms with E-state index in [-0.39, 0.29) is 11.3 Å². The number of rotatable bonds is 4. The quantitative estimate of drug-likeness (QED) is 0.722. The van der Waals surface area contributed by atoms with Crippen molar-refractivity contribution in [2.24, 2.45) is 0 Å². The van der Waals surface area contributed by atoms with Gasteiger partial charge in [-0.15, -0.1) is 0 Å². The first-order valence-corrected chi connectivity index (χ1v) is 6.51. The van der Waals surface area contributed by atoms with Crippen molar-refractivity contribution in [1.29, 1.82) is 0 Å². The summed E-state index contributed by atoms with van der Waals surface area (Å²) in [7, 11) is 5.80. The van der Waals surface area contributed by atoms with Crippen LogP contribution in [-0.2, 0) is 4.79 Å². The van der Waals surface area contributed by atoms with E-state index >= 15 is 0 Å². The van der Waals surface area contributed by atoms with E-state index in [1.807, 2.05) is 0 Å². The predicted molar refractivity (Wildman–Crippen MR) is 81.7 cm³/mol. The molecule has 0 aliphatic carbocycles. The SMILES string of the molecule is [B]c1nc(C(=O)NCC(=O)O)c(O)cc1-c1cccc(Cl)c1. The average Bonchev–Trinajstić information content (AvgIpc) is 2.46. The minimum absolute atomic E-state index is 0.0144. The van der Waals surface area contributed by atoms with Gasteiger partial charge in [0.25, 0.3) is 5.91 Å². The fourth-order valence-corrected chi connectivity index (χ4v) is 2.00. The summed E-state index contributed by atoms with van der Waals surface area (Å²) in [6.45, 7) is -0.587. The Bertz CT molecular complexity index is 752. The van der Waals surface area contributed by atoms with Crippen molar-refractivity contribution in [2.75, 3.05) is 6.54 Å². The summed E-state index contributed by atoms with van der Waals surface area (Å²) in [5.41, 5.74) is 0.713. The van der Waals surface area contributed by atoms with E-state index in [1.54, 1.807) is 24.3 Å². The molecule has 0 bridgehead atoms. The van der Waals surface area contributed by atoms with Gasteiger partial charge in [-0.25, -0.2) is 0 Å². The van der Waals surface area contributed by atoms with Crippen LogP contribution in [0.25, 0.3) is 11.1 Å². The third-order valence-electron chi connectivity index (χ3n) is 2.78. The number of nitrogens with zero attached hydrogens (tertiary/aromatic N) is 1. The molecule has 2 rings (SSSR count). The van der Waals surface area contributed by atoms with Crippen LogP contribution in [0.2, 0.25) is 5.02 Å². The van der Waals surface area contributed by atoms with Crippen molar-refractivity contribution in [3.05, 3.63) is 41.0 Å². The van der Waals surface area contributed by atoms with Crippen molar-refractivity contribution in [3.63, 3.8) is 0 Å². The van der Waals surface area contributed by atoms with Crippen molar-refractivity contribution >= 4 is 36.9 Å². The van der Waals surface area contributed by atoms with E-state index in [1.165, 1.54) is 6.07 Å². The molecule has 1 heterocycles. The molecule has 0 fully saturated rings. The summed E-state index contributed by atoms with van der Waals surface area (Å²) in [4.78, 5) is 26.0. The Labute approximate surface area is 132 Å². The number of nitrogens with one attached hydrogen (secondary N) is 1. The van der Waals surface area contributed by atoms with Gasteiger partial charge < -0.3 is 15.5 Å². The number of aliphatic carboxylic acids is 1. The number of hydrogen-bond donors (Lipinski definition) is 3. The molecule has 1 amide bonds. The van der Waals surface area contributed by atoms with Crippen LogP contribution in [0.15, 0.2) is 30.3 Å². The minimum Gasteiger partial charge on any atom is -0.505 e. The van der Waals surface area contributed by atoms with E-state index in [4.69, 9.17) is 24.6 Å². The molecule has 0 saturated heterocycles. The summed E-state index contributed by atoms with van der Waals surface area (Å²) < 4.78 is 0. The first-order chi connectivity index (χ1) is 10.4. The topological polar surface area (TPSA) is 99.5 Å². The maximum Gasteiger partial charge on any atom is 0.322 e. The molecule has 0 aliphatic heterocycles. The van der Waals surface area contributed by atoms with Gasteiger partial charge in [0.15, 0.2) is 5.69 Å². The summed E-state index contributed by atoms with van der Waals surface area (Å²) in [6.07, 6.45) is 0. The Hall–Kier alpha value is -2.54. The number of halogens is 1. The van der Waals surface area contributed by atoms with Crippen LogP contribution in [0.4, 0.5) is 0 Å². The number of carbonyl (C=O) groups is 2. The number of benzene rings is 1. The number of carboxylic acid groups (broad SMARTS) is 1. The van der Waals surface area contributed by atoms with Gasteiger partial charge >= 0.3 is 5.97 Å². The molecule has 0 saturated carbocycles. The summed E-state index contributed by atoms with van der Waals surface area (Å²) in [5, 5.41) is 21.0. The molecular weight excluding hydrogens is 306 g/mol. The van der Waals surface area contributed by atoms with Crippen LogP contribution in [0, 0.1) is 0 Å². The van der Waals surface area contributed by atoms with Crippen molar-refractivity contribution in [3.8, 4) is 16.9 Å². The Morgan fingerprint density at radius 3 is 2.68 bits per heavy atom. The minimum atomic E-state index is -1.21. The van der Waals surface area contributed by atoms with Crippen molar-refractivity contribution < 1.29 is 19.8 Å². The van der Waals surface area contributed by atoms with E-state index in [9.17, 15) is 14.7 Å². The second-order valence-electron chi connectivity index (χ2n) is 4.38. The zero-order valence-corrected chi connectivity index (χ0v) is 12.0. The summed E-state index contributed by atoms with van der Waals surface area (Å²) >= 11 is 5.90. The van der Waals surface area contributed by atoms with E-state index in [0.717, 1.165) is 0 Å². The average molecular weight is 317 g/mol. The molecule has 2 radical (unpaired) electrons. The number of pyridine rings is 1. The molecule has 2 aromatic rings. The van der Waals surface area contributed by atoms with Gasteiger partial charge in [0.2, 0.25) is 0 Å². The monoisotopic (exact) mass is 316 g/mol. The number of amides is 1. The van der Waals surface area contributed by atoms with Crippen LogP contribution in [0.3, 0.4) is 0 Å². The zero-order chi connectivity index (χ0) is 16.3. The third-order valence-corrected chi connectivity index (χ3v) is 3.02. The molecule has 3 N–H and O–H groups in total. The first kappa shape index (κ1) is 15.8. The largest absolute Gasteiger partial charge is 0.505 e. The number of carboxylic acids is 1. The second kappa shape index (κ2) is 6.49. The summed E-state index contributed by atoms with van der Waals surface area (Å²) in [6, 6.07) is 8.04. The molecule has 0 spiro atoms. The number of aromatic nitrogens is 1. The highest BCUT2D eigenvalue weighted by atomic mass is 35.5. The molecule has 110 valence electrons. The van der Waals surface area contributed by atoms with Gasteiger partial charge in [0.1, 0.15) is 20.1 Å². The Kier molecular flexibility index (Phi) is 4.67. The summed E-state index contributed by atoms with van der Waals surface area (Å²) in [5.74, 6) is -2.45. The molecule has 1 aromatic heterocycles. The lowest BCUT2D eigenvalue weighted by molar-refractivity contribution is -0.135. The van der Waals surface area contributed by atoms with Crippen molar-refractivity contribution in [2.45, 2.75) is 0 Å². The Morgan fingerprint density at radius 2 is 2.05 bits per heavy atom. The van der Waals surface area contributed by atoms with Crippen LogP contribution < -0.4 is 10.9 Å². The maximum atomic E-state index is 11.8. The standard InChI is InChI=1S/C14H10BClN2O4/c15-13-9(7-2-1-3-8(16)4-7)5-10(19)12(18-13)14(22)17-6-11(20)21/h1-5,19H,6H2,(H,17,22)(H,20,21). The lowest BCUT2D eigenvalue weighted by Gasteiger charge is -2.11. The highest BCUT2D eigenvalue weighted by Crippen LogP contribution is 2.25. The number of hydrogen-bond acceptors (Lipinski definition) is 4. The fraction of sp³-hybridized carbons (Fsp3) is 0.0714. The Morgan fingerprint density at radius 1 is 1.32 bits per heavy atom. The van der Waals surface area contributed by atoms with Gasteiger partial charge in [-0.2, -0.15) is 0 Å². The van der Waals surface area contributed by atoms with Gasteiger partial charge in [0, 0.05) is 5.02 Å². The van der Waals surface area contributed by atoms with Gasteiger partial charge in [0.05, 0.1) is 0 Å². The molecule has 8 heteroatoms. The van der Waals surface area contributed by atoms with Gasteiger partial charge in [-0.3, -0.25) is 14.6 Å². The third kappa shape index (κ3) is 3.56. The lowest BCUT2D eigenvalue weighted by Crippen LogP contribution is -2.31. The van der Waals surface area contributed by atoms with Crippen LogP contribution in [0.5, 0.6) is 5.75 Å². The molecule has 6 nitrogen and oxygen atoms in total. The molecule has 1 aromatic carbocycles. The van der Waals surface area contributed by atoms with E-state index in [2.05, 4.69) is 10.3 Å². The molecule has 0 atom stereocenters. The van der Waals surface area contributed by atoms with Crippen LogP contribution >= 0.6 is 11.6 Å². The first-order valence-electron chi connectivity index (χ1n) is 6.14. The highest BCUT2D eigenvalue weighted by Gasteiger charge is 2.17. The zero-order valence-electron chi connectivity index (χ0n) is 11.2. The number of aromatic hydroxyl groups is 1. The predicted octanol–water partition coefficient (Wildman–Crippen LogP) is 0.716.